The van der Waals surface area contributed by atoms with Crippen molar-refractivity contribution in [3.8, 4) is 0 Å². The topological polar surface area (TPSA) is 58.2 Å². The third-order valence-electron chi connectivity index (χ3n) is 1.92. The van der Waals surface area contributed by atoms with Gasteiger partial charge in [-0.25, -0.2) is 0 Å². The molecule has 0 aliphatic carbocycles. The van der Waals surface area contributed by atoms with E-state index in [0.29, 0.717) is 46.2 Å². The van der Waals surface area contributed by atoms with E-state index < -0.39 is 0 Å². The van der Waals surface area contributed by atoms with Crippen LogP contribution in [0.5, 0.6) is 0 Å². The molecule has 20 heavy (non-hydrogen) atoms. The quantitative estimate of drug-likeness (QED) is 0.459. The summed E-state index contributed by atoms with van der Waals surface area (Å²) in [6.07, 6.45) is 0. The number of ether oxygens (including phenoxy) is 4. The highest BCUT2D eigenvalue weighted by molar-refractivity contribution is 4.37. The van der Waals surface area contributed by atoms with Crippen LogP contribution in [0.25, 0.3) is 0 Å². The Hall–Kier alpha value is -0.310. The van der Waals surface area contributed by atoms with Gasteiger partial charge in [-0.3, -0.25) is 0 Å². The van der Waals surface area contributed by atoms with E-state index in [1.54, 1.807) is 0 Å². The summed E-state index contributed by atoms with van der Waals surface area (Å²) in [5.74, 6) is 0. The van der Waals surface area contributed by atoms with E-state index in [1.165, 1.54) is 0 Å². The van der Waals surface area contributed by atoms with Crippen LogP contribution in [0.4, 0.5) is 4.53 Å². The molecule has 0 saturated carbocycles. The van der Waals surface area contributed by atoms with Gasteiger partial charge in [-0.1, -0.05) is 13.8 Å². The first-order chi connectivity index (χ1) is 9.91. The third kappa shape index (κ3) is 22.8. The van der Waals surface area contributed by atoms with Crippen LogP contribution in [0, 0.1) is 0 Å². The van der Waals surface area contributed by atoms with Crippen LogP contribution in [0.1, 0.15) is 13.8 Å². The van der Waals surface area contributed by atoms with Crippen LogP contribution in [-0.2, 0) is 23.9 Å². The molecule has 0 bridgehead atoms. The van der Waals surface area contributed by atoms with Crippen molar-refractivity contribution in [2.75, 3.05) is 73.1 Å². The van der Waals surface area contributed by atoms with Crippen LogP contribution in [0.3, 0.4) is 0 Å². The molecule has 6 nitrogen and oxygen atoms in total. The van der Waals surface area contributed by atoms with Crippen molar-refractivity contribution in [1.82, 2.24) is 5.32 Å². The summed E-state index contributed by atoms with van der Waals surface area (Å²) in [7, 11) is 1.88. The lowest BCUT2D eigenvalue weighted by Gasteiger charge is -2.07. The van der Waals surface area contributed by atoms with Gasteiger partial charge in [0.15, 0.2) is 0 Å². The fourth-order valence-electron chi connectivity index (χ4n) is 1.03. The molecule has 0 amide bonds. The molecule has 0 atom stereocenters. The van der Waals surface area contributed by atoms with Gasteiger partial charge in [0.1, 0.15) is 6.61 Å². The number of hydrogen-bond donors (Lipinski definition) is 1. The second-order valence-electron chi connectivity index (χ2n) is 3.37. The summed E-state index contributed by atoms with van der Waals surface area (Å²) in [5.41, 5.74) is 0. The van der Waals surface area contributed by atoms with Gasteiger partial charge in [0.05, 0.1) is 52.9 Å². The molecule has 0 unspecified atom stereocenters. The summed E-state index contributed by atoms with van der Waals surface area (Å²) in [5, 5.41) is 2.98. The van der Waals surface area contributed by atoms with Crippen LogP contribution in [0.15, 0.2) is 0 Å². The van der Waals surface area contributed by atoms with Gasteiger partial charge in [-0.2, -0.15) is 4.94 Å². The summed E-state index contributed by atoms with van der Waals surface area (Å²) in [6.45, 7) is 8.82. The molecule has 0 aromatic carbocycles. The van der Waals surface area contributed by atoms with Gasteiger partial charge < -0.3 is 24.3 Å². The van der Waals surface area contributed by atoms with Crippen molar-refractivity contribution in [3.05, 3.63) is 0 Å². The number of likely N-dealkylation sites (N-methyl/N-ethyl adjacent to an activating group) is 1. The molecule has 7 heteroatoms. The Bertz CT molecular complexity index is 139. The second kappa shape index (κ2) is 23.8. The van der Waals surface area contributed by atoms with Gasteiger partial charge in [-0.15, -0.1) is 0 Å². The predicted octanol–water partition coefficient (Wildman–Crippen LogP) is 1.20. The Balaban J connectivity index is 0. The maximum absolute atomic E-state index is 11.2. The lowest BCUT2D eigenvalue weighted by molar-refractivity contribution is -0.147. The molecule has 0 aliphatic heterocycles. The van der Waals surface area contributed by atoms with Crippen molar-refractivity contribution < 1.29 is 28.4 Å². The Labute approximate surface area is 121 Å². The highest BCUT2D eigenvalue weighted by atomic mass is 19.3. The van der Waals surface area contributed by atoms with Crippen molar-refractivity contribution in [2.45, 2.75) is 13.8 Å². The molecule has 0 heterocycles. The maximum Gasteiger partial charge on any atom is 0.111 e. The molecule has 124 valence electrons. The minimum atomic E-state index is -0.0450. The Morgan fingerprint density at radius 2 is 1.00 bits per heavy atom. The van der Waals surface area contributed by atoms with Gasteiger partial charge in [0.2, 0.25) is 0 Å². The van der Waals surface area contributed by atoms with E-state index >= 15 is 0 Å². The standard InChI is InChI=1S/C11H24FNO5.C2H6/c1-13-2-3-14-4-5-15-6-7-16-8-9-17-10-11-18-12;1-2/h13H,2-11H2,1H3;1-2H3. The van der Waals surface area contributed by atoms with E-state index in [1.807, 2.05) is 20.9 Å². The van der Waals surface area contributed by atoms with Crippen LogP contribution in [-0.4, -0.2) is 73.1 Å². The van der Waals surface area contributed by atoms with Crippen molar-refractivity contribution >= 4 is 0 Å². The van der Waals surface area contributed by atoms with Crippen molar-refractivity contribution in [2.24, 2.45) is 0 Å². The van der Waals surface area contributed by atoms with Gasteiger partial charge in [-0.05, 0) is 11.6 Å². The zero-order chi connectivity index (χ0) is 15.3. The highest BCUT2D eigenvalue weighted by Crippen LogP contribution is 1.83. The van der Waals surface area contributed by atoms with Crippen LogP contribution >= 0.6 is 0 Å². The first-order valence-electron chi connectivity index (χ1n) is 7.11. The summed E-state index contributed by atoms with van der Waals surface area (Å²) in [6, 6.07) is 0. The number of hydrogen-bond acceptors (Lipinski definition) is 6. The van der Waals surface area contributed by atoms with E-state index in [-0.39, 0.29) is 13.2 Å². The lowest BCUT2D eigenvalue weighted by Crippen LogP contribution is -2.17. The largest absolute Gasteiger partial charge is 0.378 e. The molecule has 0 aliphatic rings. The third-order valence-corrected chi connectivity index (χ3v) is 1.92. The van der Waals surface area contributed by atoms with Crippen molar-refractivity contribution in [3.63, 3.8) is 0 Å². The monoisotopic (exact) mass is 299 g/mol. The molecule has 0 spiro atoms. The van der Waals surface area contributed by atoms with E-state index in [9.17, 15) is 4.53 Å². The van der Waals surface area contributed by atoms with Gasteiger partial charge >= 0.3 is 0 Å². The minimum Gasteiger partial charge on any atom is -0.378 e. The molecule has 0 aromatic heterocycles. The molecule has 0 rings (SSSR count). The van der Waals surface area contributed by atoms with Crippen LogP contribution < -0.4 is 5.32 Å². The number of nitrogens with one attached hydrogen (secondary N) is 1. The maximum atomic E-state index is 11.2. The Kier molecular flexibility index (Phi) is 26.1. The van der Waals surface area contributed by atoms with Gasteiger partial charge in [0.25, 0.3) is 0 Å². The highest BCUT2D eigenvalue weighted by Gasteiger charge is 1.92. The molecule has 0 saturated heterocycles. The van der Waals surface area contributed by atoms with Crippen LogP contribution in [0.2, 0.25) is 0 Å². The lowest BCUT2D eigenvalue weighted by atomic mass is 10.6. The molecule has 0 aromatic rings. The summed E-state index contributed by atoms with van der Waals surface area (Å²) < 4.78 is 32.0. The molecular weight excluding hydrogens is 269 g/mol. The predicted molar refractivity (Wildman–Crippen MR) is 75.6 cm³/mol. The Morgan fingerprint density at radius 3 is 1.35 bits per heavy atom. The van der Waals surface area contributed by atoms with Crippen molar-refractivity contribution in [1.29, 1.82) is 0 Å². The van der Waals surface area contributed by atoms with E-state index in [4.69, 9.17) is 18.9 Å². The average Bonchev–Trinajstić information content (AvgIpc) is 2.50. The summed E-state index contributed by atoms with van der Waals surface area (Å²) in [4.78, 5) is 3.35. The number of halogens is 1. The molecule has 0 radical (unpaired) electrons. The van der Waals surface area contributed by atoms with Gasteiger partial charge in [0, 0.05) is 6.54 Å². The minimum absolute atomic E-state index is 0.0450. The zero-order valence-corrected chi connectivity index (χ0v) is 13.0. The first kappa shape index (κ1) is 22.0. The second-order valence-corrected chi connectivity index (χ2v) is 3.37. The normalized spacial score (nSPS) is 10.2. The summed E-state index contributed by atoms with van der Waals surface area (Å²) >= 11 is 0. The fourth-order valence-corrected chi connectivity index (χ4v) is 1.03. The smallest absolute Gasteiger partial charge is 0.111 e. The van der Waals surface area contributed by atoms with E-state index in [2.05, 4.69) is 10.3 Å². The molecular formula is C13H30FNO5. The fraction of sp³-hybridized carbons (Fsp3) is 1.00. The van der Waals surface area contributed by atoms with E-state index in [0.717, 1.165) is 6.54 Å². The number of rotatable bonds is 15. The zero-order valence-electron chi connectivity index (χ0n) is 13.0. The Morgan fingerprint density at radius 1 is 0.650 bits per heavy atom. The first-order valence-corrected chi connectivity index (χ1v) is 7.11. The molecule has 1 N–H and O–H groups in total. The SMILES string of the molecule is CC.CNCCOCCOCCOCCOCCOF. The molecule has 0 fully saturated rings. The average molecular weight is 299 g/mol.